The van der Waals surface area contributed by atoms with Crippen molar-refractivity contribution >= 4 is 30.3 Å². The Morgan fingerprint density at radius 2 is 1.30 bits per heavy atom. The van der Waals surface area contributed by atoms with E-state index in [1.54, 1.807) is 0 Å². The zero-order valence-corrected chi connectivity index (χ0v) is 21.5. The van der Waals surface area contributed by atoms with Crippen LogP contribution in [0.3, 0.4) is 0 Å². The zero-order valence-electron chi connectivity index (χ0n) is 19.7. The molecule has 172 valence electrons. The lowest BCUT2D eigenvalue weighted by molar-refractivity contribution is 0.148. The molecule has 3 aromatic rings. The second-order valence-electron chi connectivity index (χ2n) is 8.97. The SMILES string of the molecule is CC(C)(C)[Si](OC/C=C/C(Cl)=C/COCc1ccccc1)(c1ccccc1)c1ccccc1. The number of ether oxygens (including phenoxy) is 1. The van der Waals surface area contributed by atoms with Crippen LogP contribution >= 0.6 is 11.6 Å². The van der Waals surface area contributed by atoms with Crippen molar-refractivity contribution in [3.8, 4) is 0 Å². The van der Waals surface area contributed by atoms with Crippen molar-refractivity contribution in [1.29, 1.82) is 0 Å². The summed E-state index contributed by atoms with van der Waals surface area (Å²) < 4.78 is 12.5. The molecule has 0 heterocycles. The lowest BCUT2D eigenvalue weighted by Gasteiger charge is -2.42. The number of hydrogen-bond donors (Lipinski definition) is 0. The van der Waals surface area contributed by atoms with Gasteiger partial charge in [-0.1, -0.05) is 129 Å². The van der Waals surface area contributed by atoms with E-state index in [-0.39, 0.29) is 5.04 Å². The number of hydrogen-bond acceptors (Lipinski definition) is 2. The monoisotopic (exact) mass is 476 g/mol. The first-order valence-electron chi connectivity index (χ1n) is 11.3. The molecule has 4 heteroatoms. The van der Waals surface area contributed by atoms with Gasteiger partial charge in [0.2, 0.25) is 0 Å². The van der Waals surface area contributed by atoms with E-state index >= 15 is 0 Å². The van der Waals surface area contributed by atoms with Crippen molar-refractivity contribution in [2.75, 3.05) is 13.2 Å². The summed E-state index contributed by atoms with van der Waals surface area (Å²) in [5, 5.41) is 3.14. The standard InChI is InChI=1S/C29H33ClO2Si/c1-29(2,3)33(27-17-9-5-10-18-27,28-19-11-6-12-20-28)32-22-13-16-26(30)21-23-31-24-25-14-7-4-8-15-25/h4-21H,22-24H2,1-3H3/b16-13+,26-21-. The molecule has 0 aliphatic rings. The molecule has 0 aromatic heterocycles. The van der Waals surface area contributed by atoms with Gasteiger partial charge in [-0.05, 0) is 33.1 Å². The van der Waals surface area contributed by atoms with Crippen LogP contribution in [0.25, 0.3) is 0 Å². The molecule has 0 radical (unpaired) electrons. The number of benzene rings is 3. The van der Waals surface area contributed by atoms with Gasteiger partial charge in [-0.2, -0.15) is 0 Å². The predicted octanol–water partition coefficient (Wildman–Crippen LogP) is 6.46. The molecule has 0 amide bonds. The van der Waals surface area contributed by atoms with E-state index in [2.05, 4.69) is 81.4 Å². The summed E-state index contributed by atoms with van der Waals surface area (Å²) in [4.78, 5) is 0. The third kappa shape index (κ3) is 6.78. The second kappa shape index (κ2) is 12.1. The number of allylic oxidation sites excluding steroid dienone is 2. The highest BCUT2D eigenvalue weighted by atomic mass is 35.5. The molecule has 0 spiro atoms. The van der Waals surface area contributed by atoms with Crippen LogP contribution in [-0.4, -0.2) is 21.5 Å². The van der Waals surface area contributed by atoms with Crippen LogP contribution < -0.4 is 10.4 Å². The molecule has 0 aliphatic heterocycles. The topological polar surface area (TPSA) is 18.5 Å². The van der Waals surface area contributed by atoms with Crippen LogP contribution in [0, 0.1) is 0 Å². The average Bonchev–Trinajstić information content (AvgIpc) is 2.83. The van der Waals surface area contributed by atoms with Crippen LogP contribution in [0.15, 0.2) is 114 Å². The third-order valence-electron chi connectivity index (χ3n) is 5.60. The van der Waals surface area contributed by atoms with Gasteiger partial charge in [0.05, 0.1) is 19.8 Å². The summed E-state index contributed by atoms with van der Waals surface area (Å²) in [6.07, 6.45) is 5.77. The van der Waals surface area contributed by atoms with Crippen molar-refractivity contribution in [2.45, 2.75) is 32.4 Å². The van der Waals surface area contributed by atoms with Crippen LogP contribution in [-0.2, 0) is 15.8 Å². The Kier molecular flexibility index (Phi) is 9.27. The normalized spacial score (nSPS) is 12.9. The minimum absolute atomic E-state index is 0.0472. The van der Waals surface area contributed by atoms with Crippen molar-refractivity contribution in [2.24, 2.45) is 0 Å². The van der Waals surface area contributed by atoms with Crippen LogP contribution in [0.2, 0.25) is 5.04 Å². The van der Waals surface area contributed by atoms with E-state index in [0.29, 0.717) is 24.9 Å². The van der Waals surface area contributed by atoms with E-state index < -0.39 is 8.32 Å². The molecular formula is C29H33ClO2Si. The Bertz CT molecular complexity index is 986. The lowest BCUT2D eigenvalue weighted by atomic mass is 10.2. The molecule has 0 fully saturated rings. The van der Waals surface area contributed by atoms with Crippen LogP contribution in [0.5, 0.6) is 0 Å². The minimum Gasteiger partial charge on any atom is -0.404 e. The molecule has 0 unspecified atom stereocenters. The Morgan fingerprint density at radius 1 is 0.788 bits per heavy atom. The number of rotatable bonds is 10. The summed E-state index contributed by atoms with van der Waals surface area (Å²) in [6, 6.07) is 31.4. The molecule has 3 rings (SSSR count). The van der Waals surface area contributed by atoms with Crippen LogP contribution in [0.4, 0.5) is 0 Å². The highest BCUT2D eigenvalue weighted by molar-refractivity contribution is 6.99. The van der Waals surface area contributed by atoms with E-state index in [4.69, 9.17) is 20.8 Å². The summed E-state index contributed by atoms with van der Waals surface area (Å²) >= 11 is 6.39. The smallest absolute Gasteiger partial charge is 0.261 e. The first-order valence-corrected chi connectivity index (χ1v) is 13.6. The van der Waals surface area contributed by atoms with Gasteiger partial charge in [0.1, 0.15) is 0 Å². The van der Waals surface area contributed by atoms with Crippen molar-refractivity contribution < 1.29 is 9.16 Å². The first kappa shape index (κ1) is 25.2. The van der Waals surface area contributed by atoms with Gasteiger partial charge in [0.25, 0.3) is 8.32 Å². The molecule has 0 aliphatic carbocycles. The summed E-state index contributed by atoms with van der Waals surface area (Å²) in [6.45, 7) is 8.36. The zero-order chi connectivity index (χ0) is 23.6. The molecule has 0 saturated heterocycles. The largest absolute Gasteiger partial charge is 0.404 e. The third-order valence-corrected chi connectivity index (χ3v) is 10.9. The molecular weight excluding hydrogens is 444 g/mol. The van der Waals surface area contributed by atoms with Crippen molar-refractivity contribution in [1.82, 2.24) is 0 Å². The maximum Gasteiger partial charge on any atom is 0.261 e. The Balaban J connectivity index is 1.69. The van der Waals surface area contributed by atoms with Gasteiger partial charge in [0, 0.05) is 5.03 Å². The van der Waals surface area contributed by atoms with E-state index in [1.165, 1.54) is 10.4 Å². The summed E-state index contributed by atoms with van der Waals surface area (Å²) in [5.74, 6) is 0. The number of halogens is 1. The molecule has 0 N–H and O–H groups in total. The highest BCUT2D eigenvalue weighted by Gasteiger charge is 2.49. The Labute approximate surface area is 204 Å². The quantitative estimate of drug-likeness (QED) is 0.190. The van der Waals surface area contributed by atoms with E-state index in [0.717, 1.165) is 5.56 Å². The molecule has 2 nitrogen and oxygen atoms in total. The van der Waals surface area contributed by atoms with Crippen molar-refractivity contribution in [3.63, 3.8) is 0 Å². The molecule has 0 saturated carbocycles. The predicted molar refractivity (Wildman–Crippen MR) is 143 cm³/mol. The second-order valence-corrected chi connectivity index (χ2v) is 13.7. The first-order chi connectivity index (χ1) is 15.9. The fourth-order valence-corrected chi connectivity index (χ4v) is 8.71. The maximum absolute atomic E-state index is 6.84. The van der Waals surface area contributed by atoms with Gasteiger partial charge in [0.15, 0.2) is 0 Å². The summed E-state index contributed by atoms with van der Waals surface area (Å²) in [7, 11) is -2.53. The lowest BCUT2D eigenvalue weighted by Crippen LogP contribution is -2.66. The van der Waals surface area contributed by atoms with E-state index in [1.807, 2.05) is 48.6 Å². The Hall–Kier alpha value is -2.43. The molecule has 33 heavy (non-hydrogen) atoms. The van der Waals surface area contributed by atoms with Gasteiger partial charge in [-0.25, -0.2) is 0 Å². The molecule has 3 aromatic carbocycles. The fourth-order valence-electron chi connectivity index (χ4n) is 4.05. The van der Waals surface area contributed by atoms with Gasteiger partial charge in [-0.3, -0.25) is 0 Å². The van der Waals surface area contributed by atoms with Gasteiger partial charge in [-0.15, -0.1) is 0 Å². The highest BCUT2D eigenvalue weighted by Crippen LogP contribution is 2.36. The summed E-state index contributed by atoms with van der Waals surface area (Å²) in [5.41, 5.74) is 1.15. The molecule has 0 bridgehead atoms. The van der Waals surface area contributed by atoms with Crippen LogP contribution in [0.1, 0.15) is 26.3 Å². The van der Waals surface area contributed by atoms with Gasteiger partial charge < -0.3 is 9.16 Å². The fraction of sp³-hybridized carbons (Fsp3) is 0.241. The van der Waals surface area contributed by atoms with Crippen molar-refractivity contribution in [3.05, 3.63) is 120 Å². The molecule has 0 atom stereocenters. The van der Waals surface area contributed by atoms with E-state index in [9.17, 15) is 0 Å². The average molecular weight is 477 g/mol. The maximum atomic E-state index is 6.84. The van der Waals surface area contributed by atoms with Gasteiger partial charge >= 0.3 is 0 Å². The minimum atomic E-state index is -2.53. The Morgan fingerprint density at radius 3 is 1.82 bits per heavy atom.